The first-order valence-electron chi connectivity index (χ1n) is 18.7. The van der Waals surface area contributed by atoms with Crippen LogP contribution >= 0.6 is 23.2 Å². The van der Waals surface area contributed by atoms with Crippen molar-refractivity contribution in [1.82, 2.24) is 0 Å². The zero-order valence-electron chi connectivity index (χ0n) is 31.6. The average molecular weight is 856 g/mol. The quantitative estimate of drug-likeness (QED) is 0.0551. The lowest BCUT2D eigenvalue weighted by Gasteiger charge is -2.32. The van der Waals surface area contributed by atoms with Gasteiger partial charge in [0.15, 0.2) is 23.9 Å². The molecule has 3 aromatic rings. The summed E-state index contributed by atoms with van der Waals surface area (Å²) < 4.78 is 81.6. The number of benzene rings is 2. The molecular weight excluding hydrogens is 811 g/mol. The number of alkyl halides is 2. The van der Waals surface area contributed by atoms with E-state index >= 15 is 0 Å². The number of ether oxygens (including phenoxy) is 5. The number of carbonyl (C=O) groups excluding carboxylic acids is 2. The summed E-state index contributed by atoms with van der Waals surface area (Å²) >= 11 is 9.99. The van der Waals surface area contributed by atoms with Crippen molar-refractivity contribution in [2.24, 2.45) is 11.8 Å². The fourth-order valence-electron chi connectivity index (χ4n) is 6.40. The van der Waals surface area contributed by atoms with Crippen molar-refractivity contribution < 1.29 is 55.5 Å². The molecule has 3 atom stereocenters. The fraction of sp³-hybridized carbons (Fsp3) is 0.513. The minimum absolute atomic E-state index is 0.0205. The number of pyridine rings is 1. The topological polar surface area (TPSA) is 154 Å². The van der Waals surface area contributed by atoms with Gasteiger partial charge in [-0.2, -0.15) is 13.5 Å². The Morgan fingerprint density at radius 2 is 1.60 bits per heavy atom. The Morgan fingerprint density at radius 3 is 2.19 bits per heavy atom. The number of esters is 2. The predicted octanol–water partition coefficient (Wildman–Crippen LogP) is 7.24. The van der Waals surface area contributed by atoms with E-state index in [1.165, 1.54) is 18.2 Å². The summed E-state index contributed by atoms with van der Waals surface area (Å²) in [5, 5.41) is 12.1. The van der Waals surface area contributed by atoms with Crippen LogP contribution in [0.4, 0.5) is 20.2 Å². The molecule has 1 aliphatic heterocycles. The number of halogens is 4. The Bertz CT molecular complexity index is 1940. The van der Waals surface area contributed by atoms with Crippen molar-refractivity contribution in [2.45, 2.75) is 90.1 Å². The second-order valence-corrected chi connectivity index (χ2v) is 17.0. The molecule has 6 rings (SSSR count). The van der Waals surface area contributed by atoms with E-state index in [4.69, 9.17) is 46.9 Å². The van der Waals surface area contributed by atoms with E-state index in [1.807, 2.05) is 0 Å². The maximum absolute atomic E-state index is 14.3. The van der Waals surface area contributed by atoms with Gasteiger partial charge in [0.25, 0.3) is 0 Å². The molecular formula is C39H44Cl2F2N3O10S-. The van der Waals surface area contributed by atoms with Crippen LogP contribution in [0.2, 0.25) is 10.0 Å². The molecule has 2 aromatic carbocycles. The standard InChI is InChI=1S/C39H45Cl2F2N3O10S/c1-39(2,3)56-36(47)20-46(57(50)51)31-16-26(11-13-32(31)52-21-23-6-7-23)45-14-4-5-30(45)37(48)54-34(17-27-28(40)18-44(49)19-29(27)41)25-10-12-33(55-38(42)43)35(15-25)53-22-24-8-9-24/h10-13,15-16,18-19,23-24,30,34,38H,4-9,14,17,20-22H2,1-3H3,(H,50,51)/p-1/t30-,34-/m0/s1. The van der Waals surface area contributed by atoms with E-state index in [9.17, 15) is 32.3 Å². The summed E-state index contributed by atoms with van der Waals surface area (Å²) in [6, 6.07) is 8.27. The molecule has 3 fully saturated rings. The second-order valence-electron chi connectivity index (χ2n) is 15.4. The van der Waals surface area contributed by atoms with Crippen LogP contribution in [0.25, 0.3) is 0 Å². The number of carbonyl (C=O) groups is 2. The zero-order chi connectivity index (χ0) is 41.0. The molecule has 2 saturated carbocycles. The van der Waals surface area contributed by atoms with Crippen LogP contribution < -0.4 is 28.1 Å². The smallest absolute Gasteiger partial charge is 0.387 e. The maximum atomic E-state index is 14.3. The largest absolute Gasteiger partial charge is 0.755 e. The van der Waals surface area contributed by atoms with E-state index in [0.717, 1.165) is 42.4 Å². The summed E-state index contributed by atoms with van der Waals surface area (Å²) in [6.45, 7) is 2.35. The van der Waals surface area contributed by atoms with Crippen molar-refractivity contribution in [1.29, 1.82) is 0 Å². The minimum Gasteiger partial charge on any atom is -0.755 e. The molecule has 310 valence electrons. The first kappa shape index (κ1) is 42.5. The average Bonchev–Trinajstić information content (AvgIpc) is 4.07. The summed E-state index contributed by atoms with van der Waals surface area (Å²) in [6.07, 6.45) is 5.85. The molecule has 1 aromatic heterocycles. The lowest BCUT2D eigenvalue weighted by Crippen LogP contribution is -2.39. The van der Waals surface area contributed by atoms with Gasteiger partial charge in [0, 0.05) is 35.5 Å². The van der Waals surface area contributed by atoms with E-state index in [1.54, 1.807) is 43.9 Å². The molecule has 2 heterocycles. The molecule has 0 spiro atoms. The monoisotopic (exact) mass is 854 g/mol. The fourth-order valence-corrected chi connectivity index (χ4v) is 7.52. The van der Waals surface area contributed by atoms with Gasteiger partial charge in [-0.1, -0.05) is 29.3 Å². The van der Waals surface area contributed by atoms with Crippen LogP contribution in [0.3, 0.4) is 0 Å². The Hall–Kier alpha value is -4.12. The summed E-state index contributed by atoms with van der Waals surface area (Å²) in [5.41, 5.74) is 0.378. The Kier molecular flexibility index (Phi) is 13.6. The van der Waals surface area contributed by atoms with Crippen molar-refractivity contribution in [2.75, 3.05) is 35.5 Å². The third-order valence-corrected chi connectivity index (χ3v) is 10.9. The van der Waals surface area contributed by atoms with Crippen LogP contribution in [-0.4, -0.2) is 65.3 Å². The number of aromatic nitrogens is 1. The zero-order valence-corrected chi connectivity index (χ0v) is 34.0. The number of nitrogens with zero attached hydrogens (tertiary/aromatic N) is 3. The summed E-state index contributed by atoms with van der Waals surface area (Å²) in [4.78, 5) is 28.9. The van der Waals surface area contributed by atoms with Crippen molar-refractivity contribution in [3.05, 3.63) is 75.2 Å². The Labute approximate surface area is 342 Å². The molecule has 0 bridgehead atoms. The van der Waals surface area contributed by atoms with Gasteiger partial charge < -0.3 is 38.3 Å². The Morgan fingerprint density at radius 1 is 0.965 bits per heavy atom. The highest BCUT2D eigenvalue weighted by molar-refractivity contribution is 7.80. The van der Waals surface area contributed by atoms with Gasteiger partial charge in [0.05, 0.1) is 18.9 Å². The molecule has 0 N–H and O–H groups in total. The molecule has 57 heavy (non-hydrogen) atoms. The summed E-state index contributed by atoms with van der Waals surface area (Å²) in [5.74, 6) is -0.700. The van der Waals surface area contributed by atoms with Crippen LogP contribution in [-0.2, 0) is 36.8 Å². The molecule has 2 aliphatic carbocycles. The third-order valence-electron chi connectivity index (χ3n) is 9.54. The molecule has 1 saturated heterocycles. The minimum atomic E-state index is -3.11. The van der Waals surface area contributed by atoms with Gasteiger partial charge in [0.1, 0.15) is 40.1 Å². The predicted molar refractivity (Wildman–Crippen MR) is 206 cm³/mol. The highest BCUT2D eigenvalue weighted by Crippen LogP contribution is 2.41. The molecule has 18 heteroatoms. The van der Waals surface area contributed by atoms with E-state index < -0.39 is 54.1 Å². The molecule has 1 unspecified atom stereocenters. The molecule has 0 amide bonds. The van der Waals surface area contributed by atoms with Crippen molar-refractivity contribution in [3.8, 4) is 17.2 Å². The highest BCUT2D eigenvalue weighted by atomic mass is 35.5. The number of rotatable bonds is 18. The second kappa shape index (κ2) is 18.2. The van der Waals surface area contributed by atoms with Gasteiger partial charge >= 0.3 is 18.6 Å². The number of anilines is 2. The van der Waals surface area contributed by atoms with Crippen LogP contribution in [0.15, 0.2) is 48.8 Å². The van der Waals surface area contributed by atoms with Gasteiger partial charge in [0.2, 0.25) is 0 Å². The molecule has 3 aliphatic rings. The Balaban J connectivity index is 1.31. The number of hydrogen-bond donors (Lipinski definition) is 0. The lowest BCUT2D eigenvalue weighted by atomic mass is 10.0. The third kappa shape index (κ3) is 11.7. The van der Waals surface area contributed by atoms with E-state index in [0.29, 0.717) is 53.5 Å². The van der Waals surface area contributed by atoms with Gasteiger partial charge in [-0.25, -0.2) is 4.79 Å². The van der Waals surface area contributed by atoms with Gasteiger partial charge in [-0.05, 0) is 107 Å². The van der Waals surface area contributed by atoms with E-state index in [2.05, 4.69) is 0 Å². The van der Waals surface area contributed by atoms with Gasteiger partial charge in [-0.15, -0.1) is 0 Å². The lowest BCUT2D eigenvalue weighted by molar-refractivity contribution is -0.605. The summed E-state index contributed by atoms with van der Waals surface area (Å²) in [7, 11) is 0. The first-order chi connectivity index (χ1) is 27.0. The van der Waals surface area contributed by atoms with Crippen molar-refractivity contribution >= 4 is 57.8 Å². The SMILES string of the molecule is CC(C)(C)OC(=O)CN(c1cc(N2CCC[C@H]2C(=O)O[C@@H](Cc2c(Cl)c[n+]([O-])cc2Cl)c2ccc(OC(F)F)c(OCC3CC3)c2)ccc1OCC1CC1)S(=O)[O-]. The van der Waals surface area contributed by atoms with Crippen molar-refractivity contribution in [3.63, 3.8) is 0 Å². The number of hydrogen-bond acceptors (Lipinski definition) is 11. The van der Waals surface area contributed by atoms with E-state index in [-0.39, 0.29) is 51.9 Å². The van der Waals surface area contributed by atoms with Gasteiger partial charge in [-0.3, -0.25) is 13.3 Å². The highest BCUT2D eigenvalue weighted by Gasteiger charge is 2.36. The molecule has 0 radical (unpaired) electrons. The molecule has 13 nitrogen and oxygen atoms in total. The van der Waals surface area contributed by atoms with Crippen LogP contribution in [0, 0.1) is 17.0 Å². The maximum Gasteiger partial charge on any atom is 0.387 e. The normalized spacial score (nSPS) is 17.9. The first-order valence-corrected chi connectivity index (χ1v) is 20.4. The van der Waals surface area contributed by atoms with Crippen LogP contribution in [0.5, 0.6) is 17.2 Å². The van der Waals surface area contributed by atoms with Crippen LogP contribution in [0.1, 0.15) is 76.5 Å².